The smallest absolute Gasteiger partial charge is 0.161 e. The molecule has 0 spiro atoms. The number of aliphatic hydroxyl groups is 1. The molecule has 0 radical (unpaired) electrons. The number of methoxy groups -OCH3 is 2. The van der Waals surface area contributed by atoms with Crippen molar-refractivity contribution in [2.24, 2.45) is 0 Å². The molecule has 0 aliphatic heterocycles. The van der Waals surface area contributed by atoms with Crippen molar-refractivity contribution in [2.45, 2.75) is 6.10 Å². The molecule has 4 nitrogen and oxygen atoms in total. The van der Waals surface area contributed by atoms with Crippen molar-refractivity contribution < 1.29 is 19.0 Å². The molecule has 0 saturated carbocycles. The van der Waals surface area contributed by atoms with Crippen LogP contribution < -0.4 is 9.47 Å². The molecule has 1 atom stereocenters. The second-order valence-electron chi connectivity index (χ2n) is 3.92. The van der Waals surface area contributed by atoms with Crippen LogP contribution in [0.4, 0.5) is 4.39 Å². The zero-order valence-corrected chi connectivity index (χ0v) is 10.6. The standard InChI is InChI=1S/C14H14FNO3/c1-18-12-6-3-9(7-13(12)19-2)14(17)11-5-4-10(15)8-16-11/h3-8,14,17H,1-2H3. The number of aromatic nitrogens is 1. The lowest BCUT2D eigenvalue weighted by Crippen LogP contribution is -2.03. The number of pyridine rings is 1. The summed E-state index contributed by atoms with van der Waals surface area (Å²) in [5.41, 5.74) is 0.963. The Morgan fingerprint density at radius 1 is 1.11 bits per heavy atom. The molecule has 0 aliphatic rings. The molecule has 2 rings (SSSR count). The number of benzene rings is 1. The first-order valence-electron chi connectivity index (χ1n) is 5.67. The van der Waals surface area contributed by atoms with Crippen molar-refractivity contribution in [2.75, 3.05) is 14.2 Å². The van der Waals surface area contributed by atoms with Gasteiger partial charge in [-0.1, -0.05) is 6.07 Å². The Hall–Kier alpha value is -2.14. The molecule has 0 aliphatic carbocycles. The lowest BCUT2D eigenvalue weighted by Gasteiger charge is -2.13. The molecular weight excluding hydrogens is 249 g/mol. The van der Waals surface area contributed by atoms with Crippen LogP contribution in [0.25, 0.3) is 0 Å². The molecule has 0 saturated heterocycles. The third kappa shape index (κ3) is 2.82. The van der Waals surface area contributed by atoms with Gasteiger partial charge in [-0.2, -0.15) is 0 Å². The normalized spacial score (nSPS) is 12.0. The van der Waals surface area contributed by atoms with Crippen LogP contribution in [0.3, 0.4) is 0 Å². The van der Waals surface area contributed by atoms with Crippen molar-refractivity contribution in [1.82, 2.24) is 4.98 Å². The Morgan fingerprint density at radius 2 is 1.84 bits per heavy atom. The van der Waals surface area contributed by atoms with Crippen LogP contribution in [0.5, 0.6) is 11.5 Å². The van der Waals surface area contributed by atoms with Crippen LogP contribution in [0.2, 0.25) is 0 Å². The first-order valence-corrected chi connectivity index (χ1v) is 5.67. The zero-order valence-electron chi connectivity index (χ0n) is 10.6. The lowest BCUT2D eigenvalue weighted by atomic mass is 10.1. The fourth-order valence-electron chi connectivity index (χ4n) is 1.74. The largest absolute Gasteiger partial charge is 0.493 e. The third-order valence-electron chi connectivity index (χ3n) is 2.75. The number of nitrogens with zero attached hydrogens (tertiary/aromatic N) is 1. The van der Waals surface area contributed by atoms with Gasteiger partial charge in [-0.15, -0.1) is 0 Å². The molecule has 0 amide bonds. The Labute approximate surface area is 110 Å². The van der Waals surface area contributed by atoms with E-state index in [0.29, 0.717) is 22.8 Å². The van der Waals surface area contributed by atoms with Crippen molar-refractivity contribution in [3.05, 3.63) is 53.6 Å². The Bertz CT molecular complexity index is 557. The quantitative estimate of drug-likeness (QED) is 0.919. The summed E-state index contributed by atoms with van der Waals surface area (Å²) >= 11 is 0. The van der Waals surface area contributed by atoms with Gasteiger partial charge in [0.2, 0.25) is 0 Å². The fourth-order valence-corrected chi connectivity index (χ4v) is 1.74. The van der Waals surface area contributed by atoms with Gasteiger partial charge in [-0.05, 0) is 29.8 Å². The molecule has 1 aromatic carbocycles. The average Bonchev–Trinajstić information content (AvgIpc) is 2.46. The van der Waals surface area contributed by atoms with E-state index in [1.807, 2.05) is 0 Å². The number of halogens is 1. The highest BCUT2D eigenvalue weighted by atomic mass is 19.1. The topological polar surface area (TPSA) is 51.6 Å². The van der Waals surface area contributed by atoms with E-state index in [9.17, 15) is 9.50 Å². The summed E-state index contributed by atoms with van der Waals surface area (Å²) in [6, 6.07) is 7.76. The number of hydrogen-bond donors (Lipinski definition) is 1. The number of aliphatic hydroxyl groups excluding tert-OH is 1. The van der Waals surface area contributed by atoms with E-state index >= 15 is 0 Å². The van der Waals surface area contributed by atoms with Gasteiger partial charge >= 0.3 is 0 Å². The monoisotopic (exact) mass is 263 g/mol. The van der Waals surface area contributed by atoms with Crippen LogP contribution in [0.1, 0.15) is 17.4 Å². The van der Waals surface area contributed by atoms with Crippen molar-refractivity contribution >= 4 is 0 Å². The predicted octanol–water partition coefficient (Wildman–Crippen LogP) is 2.32. The first kappa shape index (κ1) is 13.3. The van der Waals surface area contributed by atoms with E-state index in [-0.39, 0.29) is 0 Å². The Kier molecular flexibility index (Phi) is 3.97. The van der Waals surface area contributed by atoms with Gasteiger partial charge in [0.15, 0.2) is 11.5 Å². The zero-order chi connectivity index (χ0) is 13.8. The van der Waals surface area contributed by atoms with Gasteiger partial charge in [0.05, 0.1) is 26.1 Å². The molecule has 1 aromatic heterocycles. The van der Waals surface area contributed by atoms with Gasteiger partial charge in [0.1, 0.15) is 11.9 Å². The number of ether oxygens (including phenoxy) is 2. The van der Waals surface area contributed by atoms with E-state index in [4.69, 9.17) is 9.47 Å². The summed E-state index contributed by atoms with van der Waals surface area (Å²) in [7, 11) is 3.06. The molecule has 1 unspecified atom stereocenters. The minimum absolute atomic E-state index is 0.369. The molecule has 2 aromatic rings. The van der Waals surface area contributed by atoms with Crippen molar-refractivity contribution in [3.8, 4) is 11.5 Å². The van der Waals surface area contributed by atoms with Gasteiger partial charge in [0, 0.05) is 0 Å². The lowest BCUT2D eigenvalue weighted by molar-refractivity contribution is 0.214. The van der Waals surface area contributed by atoms with Crippen LogP contribution in [-0.4, -0.2) is 24.3 Å². The minimum Gasteiger partial charge on any atom is -0.493 e. The van der Waals surface area contributed by atoms with E-state index in [2.05, 4.69) is 4.98 Å². The molecule has 100 valence electrons. The summed E-state index contributed by atoms with van der Waals surface area (Å²) in [5, 5.41) is 10.2. The molecule has 1 heterocycles. The SMILES string of the molecule is COc1ccc(C(O)c2ccc(F)cn2)cc1OC. The second-order valence-corrected chi connectivity index (χ2v) is 3.92. The molecular formula is C14H14FNO3. The van der Waals surface area contributed by atoms with Crippen molar-refractivity contribution in [3.63, 3.8) is 0 Å². The Morgan fingerprint density at radius 3 is 2.42 bits per heavy atom. The molecule has 1 N–H and O–H groups in total. The highest BCUT2D eigenvalue weighted by molar-refractivity contribution is 5.44. The summed E-state index contributed by atoms with van der Waals surface area (Å²) in [5.74, 6) is 0.648. The maximum absolute atomic E-state index is 12.8. The number of rotatable bonds is 4. The van der Waals surface area contributed by atoms with Crippen LogP contribution in [0, 0.1) is 5.82 Å². The van der Waals surface area contributed by atoms with Gasteiger partial charge in [-0.3, -0.25) is 4.98 Å². The third-order valence-corrected chi connectivity index (χ3v) is 2.75. The van der Waals surface area contributed by atoms with Crippen LogP contribution in [0.15, 0.2) is 36.5 Å². The van der Waals surface area contributed by atoms with Crippen LogP contribution >= 0.6 is 0 Å². The maximum Gasteiger partial charge on any atom is 0.161 e. The molecule has 0 bridgehead atoms. The molecule has 0 fully saturated rings. The number of hydrogen-bond acceptors (Lipinski definition) is 4. The summed E-state index contributed by atoms with van der Waals surface area (Å²) in [6.07, 6.45) is 0.125. The van der Waals surface area contributed by atoms with E-state index in [1.54, 1.807) is 18.2 Å². The maximum atomic E-state index is 12.8. The summed E-state index contributed by atoms with van der Waals surface area (Å²) in [4.78, 5) is 3.86. The fraction of sp³-hybridized carbons (Fsp3) is 0.214. The molecule has 19 heavy (non-hydrogen) atoms. The van der Waals surface area contributed by atoms with E-state index in [1.165, 1.54) is 26.4 Å². The minimum atomic E-state index is -0.944. The second kappa shape index (κ2) is 5.67. The van der Waals surface area contributed by atoms with Gasteiger partial charge in [-0.25, -0.2) is 4.39 Å². The average molecular weight is 263 g/mol. The summed E-state index contributed by atoms with van der Waals surface area (Å²) < 4.78 is 23.1. The van der Waals surface area contributed by atoms with Crippen LogP contribution in [-0.2, 0) is 0 Å². The highest BCUT2D eigenvalue weighted by Gasteiger charge is 2.14. The van der Waals surface area contributed by atoms with Gasteiger partial charge < -0.3 is 14.6 Å². The summed E-state index contributed by atoms with van der Waals surface area (Å²) in [6.45, 7) is 0. The van der Waals surface area contributed by atoms with E-state index in [0.717, 1.165) is 6.20 Å². The first-order chi connectivity index (χ1) is 9.15. The highest BCUT2D eigenvalue weighted by Crippen LogP contribution is 2.31. The predicted molar refractivity (Wildman–Crippen MR) is 67.8 cm³/mol. The van der Waals surface area contributed by atoms with E-state index < -0.39 is 11.9 Å². The molecule has 5 heteroatoms. The Balaban J connectivity index is 2.33. The van der Waals surface area contributed by atoms with Crippen molar-refractivity contribution in [1.29, 1.82) is 0 Å². The van der Waals surface area contributed by atoms with Gasteiger partial charge in [0.25, 0.3) is 0 Å².